The van der Waals surface area contributed by atoms with Crippen LogP contribution in [0.1, 0.15) is 18.1 Å². The SMILES string of the molecule is CCc1ccccc1-n1c(N)nc2ccc(C#N)cc21. The van der Waals surface area contributed by atoms with Gasteiger partial charge in [-0.2, -0.15) is 5.26 Å². The molecule has 0 saturated carbocycles. The van der Waals surface area contributed by atoms with E-state index in [-0.39, 0.29) is 0 Å². The molecule has 0 atom stereocenters. The van der Waals surface area contributed by atoms with Crippen LogP contribution in [0.15, 0.2) is 42.5 Å². The first-order valence-corrected chi connectivity index (χ1v) is 6.51. The number of hydrogen-bond donors (Lipinski definition) is 1. The van der Waals surface area contributed by atoms with E-state index >= 15 is 0 Å². The average Bonchev–Trinajstić information content (AvgIpc) is 2.81. The summed E-state index contributed by atoms with van der Waals surface area (Å²) in [6.07, 6.45) is 0.910. The van der Waals surface area contributed by atoms with Gasteiger partial charge in [-0.05, 0) is 36.2 Å². The zero-order valence-electron chi connectivity index (χ0n) is 11.2. The van der Waals surface area contributed by atoms with Crippen LogP contribution in [-0.2, 0) is 6.42 Å². The Morgan fingerprint density at radius 1 is 1.25 bits per heavy atom. The molecule has 4 heteroatoms. The minimum Gasteiger partial charge on any atom is -0.369 e. The smallest absolute Gasteiger partial charge is 0.205 e. The molecule has 98 valence electrons. The van der Waals surface area contributed by atoms with E-state index in [1.165, 1.54) is 5.56 Å². The van der Waals surface area contributed by atoms with E-state index in [0.29, 0.717) is 11.5 Å². The first-order chi connectivity index (χ1) is 9.74. The van der Waals surface area contributed by atoms with Gasteiger partial charge in [-0.25, -0.2) is 4.98 Å². The third-order valence-electron chi connectivity index (χ3n) is 3.42. The number of hydrogen-bond acceptors (Lipinski definition) is 3. The van der Waals surface area contributed by atoms with Gasteiger partial charge < -0.3 is 5.73 Å². The van der Waals surface area contributed by atoms with E-state index in [0.717, 1.165) is 23.1 Å². The maximum absolute atomic E-state index is 9.06. The highest BCUT2D eigenvalue weighted by atomic mass is 15.2. The summed E-state index contributed by atoms with van der Waals surface area (Å²) in [4.78, 5) is 4.37. The molecule has 0 saturated heterocycles. The number of rotatable bonds is 2. The Hall–Kier alpha value is -2.80. The minimum absolute atomic E-state index is 0.441. The fourth-order valence-corrected chi connectivity index (χ4v) is 2.44. The van der Waals surface area contributed by atoms with Crippen molar-refractivity contribution in [1.82, 2.24) is 9.55 Å². The van der Waals surface area contributed by atoms with Gasteiger partial charge in [0.2, 0.25) is 5.95 Å². The summed E-state index contributed by atoms with van der Waals surface area (Å²) in [7, 11) is 0. The molecule has 1 aromatic heterocycles. The highest BCUT2D eigenvalue weighted by Gasteiger charge is 2.12. The molecule has 0 aliphatic rings. The highest BCUT2D eigenvalue weighted by molar-refractivity contribution is 5.82. The Labute approximate surface area is 117 Å². The van der Waals surface area contributed by atoms with E-state index in [1.807, 2.05) is 34.9 Å². The number of nitrogen functional groups attached to an aromatic ring is 1. The van der Waals surface area contributed by atoms with Crippen LogP contribution in [0.2, 0.25) is 0 Å². The Morgan fingerprint density at radius 2 is 2.05 bits per heavy atom. The zero-order chi connectivity index (χ0) is 14.1. The van der Waals surface area contributed by atoms with Crippen LogP contribution in [-0.4, -0.2) is 9.55 Å². The second kappa shape index (κ2) is 4.71. The number of aryl methyl sites for hydroxylation is 1. The monoisotopic (exact) mass is 262 g/mol. The fourth-order valence-electron chi connectivity index (χ4n) is 2.44. The van der Waals surface area contributed by atoms with Crippen molar-refractivity contribution >= 4 is 17.0 Å². The Balaban J connectivity index is 2.35. The Morgan fingerprint density at radius 3 is 2.80 bits per heavy atom. The largest absolute Gasteiger partial charge is 0.369 e. The third kappa shape index (κ3) is 1.81. The van der Waals surface area contributed by atoms with E-state index in [4.69, 9.17) is 11.0 Å². The van der Waals surface area contributed by atoms with Gasteiger partial charge in [0.15, 0.2) is 0 Å². The molecule has 2 N–H and O–H groups in total. The molecule has 0 amide bonds. The summed E-state index contributed by atoms with van der Waals surface area (Å²) in [6, 6.07) is 15.7. The van der Waals surface area contributed by atoms with Crippen molar-refractivity contribution in [2.24, 2.45) is 0 Å². The van der Waals surface area contributed by atoms with Crippen molar-refractivity contribution in [3.05, 3.63) is 53.6 Å². The fraction of sp³-hybridized carbons (Fsp3) is 0.125. The molecule has 2 aromatic carbocycles. The number of anilines is 1. The van der Waals surface area contributed by atoms with Gasteiger partial charge in [-0.1, -0.05) is 25.1 Å². The summed E-state index contributed by atoms with van der Waals surface area (Å²) in [5.41, 5.74) is 10.5. The minimum atomic E-state index is 0.441. The van der Waals surface area contributed by atoms with E-state index in [2.05, 4.69) is 24.0 Å². The topological polar surface area (TPSA) is 67.6 Å². The number of nitrogens with zero attached hydrogens (tertiary/aromatic N) is 3. The van der Waals surface area contributed by atoms with Crippen molar-refractivity contribution in [2.75, 3.05) is 5.73 Å². The summed E-state index contributed by atoms with van der Waals surface area (Å²) in [5, 5.41) is 9.06. The molecule has 0 aliphatic heterocycles. The molecule has 20 heavy (non-hydrogen) atoms. The molecular formula is C16H14N4. The predicted octanol–water partition coefficient (Wildman–Crippen LogP) is 3.04. The number of fused-ring (bicyclic) bond motifs is 1. The summed E-state index contributed by atoms with van der Waals surface area (Å²) >= 11 is 0. The third-order valence-corrected chi connectivity index (χ3v) is 3.42. The summed E-state index contributed by atoms with van der Waals surface area (Å²) in [5.74, 6) is 0.441. The van der Waals surface area contributed by atoms with Gasteiger partial charge >= 0.3 is 0 Å². The van der Waals surface area contributed by atoms with Crippen LogP contribution in [0, 0.1) is 11.3 Å². The molecule has 0 radical (unpaired) electrons. The lowest BCUT2D eigenvalue weighted by Crippen LogP contribution is -2.03. The number of nitriles is 1. The molecule has 0 fully saturated rings. The van der Waals surface area contributed by atoms with Crippen LogP contribution in [0.4, 0.5) is 5.95 Å². The van der Waals surface area contributed by atoms with E-state index < -0.39 is 0 Å². The van der Waals surface area contributed by atoms with E-state index in [9.17, 15) is 0 Å². The molecule has 3 aromatic rings. The standard InChI is InChI=1S/C16H14N4/c1-2-12-5-3-4-6-14(12)20-15-9-11(10-17)7-8-13(15)19-16(20)18/h3-9H,2H2,1H3,(H2,18,19). The molecule has 3 rings (SSSR count). The Bertz CT molecular complexity index is 824. The van der Waals surface area contributed by atoms with Crippen molar-refractivity contribution in [3.8, 4) is 11.8 Å². The molecule has 0 unspecified atom stereocenters. The zero-order valence-corrected chi connectivity index (χ0v) is 11.2. The van der Waals surface area contributed by atoms with Crippen LogP contribution in [0.3, 0.4) is 0 Å². The van der Waals surface area contributed by atoms with Crippen LogP contribution < -0.4 is 5.73 Å². The molecule has 1 heterocycles. The van der Waals surface area contributed by atoms with Crippen LogP contribution in [0.25, 0.3) is 16.7 Å². The lowest BCUT2D eigenvalue weighted by Gasteiger charge is -2.11. The van der Waals surface area contributed by atoms with Crippen LogP contribution >= 0.6 is 0 Å². The van der Waals surface area contributed by atoms with Gasteiger partial charge in [-0.15, -0.1) is 0 Å². The summed E-state index contributed by atoms with van der Waals surface area (Å²) < 4.78 is 1.91. The molecular weight excluding hydrogens is 248 g/mol. The number of aromatic nitrogens is 2. The van der Waals surface area contributed by atoms with Crippen molar-refractivity contribution in [1.29, 1.82) is 5.26 Å². The Kier molecular flexibility index (Phi) is 2.88. The lowest BCUT2D eigenvalue weighted by molar-refractivity contribution is 1.04. The maximum Gasteiger partial charge on any atom is 0.205 e. The second-order valence-electron chi connectivity index (χ2n) is 4.60. The van der Waals surface area contributed by atoms with Gasteiger partial charge in [0.1, 0.15) is 0 Å². The van der Waals surface area contributed by atoms with Gasteiger partial charge in [0.25, 0.3) is 0 Å². The lowest BCUT2D eigenvalue weighted by atomic mass is 10.1. The first-order valence-electron chi connectivity index (χ1n) is 6.51. The number of para-hydroxylation sites is 1. The normalized spacial score (nSPS) is 10.6. The van der Waals surface area contributed by atoms with Crippen molar-refractivity contribution in [3.63, 3.8) is 0 Å². The number of nitrogens with two attached hydrogens (primary N) is 1. The predicted molar refractivity (Wildman–Crippen MR) is 79.6 cm³/mol. The second-order valence-corrected chi connectivity index (χ2v) is 4.60. The molecule has 0 bridgehead atoms. The van der Waals surface area contributed by atoms with Crippen molar-refractivity contribution in [2.45, 2.75) is 13.3 Å². The average molecular weight is 262 g/mol. The molecule has 4 nitrogen and oxygen atoms in total. The van der Waals surface area contributed by atoms with Gasteiger partial charge in [0, 0.05) is 0 Å². The van der Waals surface area contributed by atoms with Crippen molar-refractivity contribution < 1.29 is 0 Å². The quantitative estimate of drug-likeness (QED) is 0.771. The first kappa shape index (κ1) is 12.2. The van der Waals surface area contributed by atoms with E-state index in [1.54, 1.807) is 6.07 Å². The van der Waals surface area contributed by atoms with Crippen LogP contribution in [0.5, 0.6) is 0 Å². The summed E-state index contributed by atoms with van der Waals surface area (Å²) in [6.45, 7) is 2.11. The van der Waals surface area contributed by atoms with Gasteiger partial charge in [0.05, 0.1) is 28.4 Å². The number of benzene rings is 2. The highest BCUT2D eigenvalue weighted by Crippen LogP contribution is 2.26. The molecule has 0 spiro atoms. The van der Waals surface area contributed by atoms with Gasteiger partial charge in [-0.3, -0.25) is 4.57 Å². The maximum atomic E-state index is 9.06. The number of imidazole rings is 1. The molecule has 0 aliphatic carbocycles.